The molecule has 0 unspecified atom stereocenters. The highest BCUT2D eigenvalue weighted by atomic mass is 16.5. The lowest BCUT2D eigenvalue weighted by Gasteiger charge is -2.14. The first-order valence-electron chi connectivity index (χ1n) is 11.1. The number of phenolic OH excluding ortho intramolecular Hbond substituents is 1. The van der Waals surface area contributed by atoms with Gasteiger partial charge >= 0.3 is 0 Å². The predicted molar refractivity (Wildman–Crippen MR) is 134 cm³/mol. The van der Waals surface area contributed by atoms with Gasteiger partial charge in [-0.05, 0) is 34.9 Å². The van der Waals surface area contributed by atoms with Crippen molar-refractivity contribution < 1.29 is 19.4 Å². The van der Waals surface area contributed by atoms with Crippen molar-refractivity contribution in [1.29, 1.82) is 5.26 Å². The van der Waals surface area contributed by atoms with Crippen molar-refractivity contribution >= 4 is 11.9 Å². The third-order valence-corrected chi connectivity index (χ3v) is 5.25. The summed E-state index contributed by atoms with van der Waals surface area (Å²) in [5, 5.41) is 19.7. The van der Waals surface area contributed by atoms with Gasteiger partial charge in [0.05, 0.1) is 11.6 Å². The Bertz CT molecular complexity index is 1360. The number of benzene rings is 4. The number of nitriles is 1. The Balaban J connectivity index is 1.59. The van der Waals surface area contributed by atoms with E-state index in [1.54, 1.807) is 36.4 Å². The zero-order valence-corrected chi connectivity index (χ0v) is 18.9. The minimum atomic E-state index is -0.412. The Morgan fingerprint density at radius 1 is 0.829 bits per heavy atom. The second-order valence-corrected chi connectivity index (χ2v) is 7.80. The van der Waals surface area contributed by atoms with Crippen LogP contribution in [0.15, 0.2) is 103 Å². The summed E-state index contributed by atoms with van der Waals surface area (Å²) < 4.78 is 11.8. The molecule has 0 radical (unpaired) electrons. The fraction of sp³-hybridized carbons (Fsp3) is 0.0667. The quantitative estimate of drug-likeness (QED) is 0.233. The number of ketones is 1. The standard InChI is InChI=1S/C30H23NO4/c31-19-23-13-11-22(12-14-23)15-16-27(32)30-28(33)17-26(34-20-24-7-3-1-4-8-24)18-29(30)35-21-25-9-5-2-6-10-25/h1-18,33H,20-21H2. The molecule has 5 nitrogen and oxygen atoms in total. The molecule has 35 heavy (non-hydrogen) atoms. The summed E-state index contributed by atoms with van der Waals surface area (Å²) in [5.41, 5.74) is 3.25. The van der Waals surface area contributed by atoms with Gasteiger partial charge in [0.25, 0.3) is 0 Å². The molecule has 4 rings (SSSR count). The summed E-state index contributed by atoms with van der Waals surface area (Å²) >= 11 is 0. The number of allylic oxidation sites excluding steroid dienone is 1. The highest BCUT2D eigenvalue weighted by molar-refractivity contribution is 6.10. The van der Waals surface area contributed by atoms with E-state index in [0.29, 0.717) is 17.9 Å². The first-order chi connectivity index (χ1) is 17.1. The van der Waals surface area contributed by atoms with Gasteiger partial charge in [-0.3, -0.25) is 4.79 Å². The van der Waals surface area contributed by atoms with Crippen molar-refractivity contribution in [3.8, 4) is 23.3 Å². The minimum Gasteiger partial charge on any atom is -0.507 e. The molecule has 0 atom stereocenters. The predicted octanol–water partition coefficient (Wildman–Crippen LogP) is 6.32. The van der Waals surface area contributed by atoms with Crippen molar-refractivity contribution in [3.63, 3.8) is 0 Å². The number of aromatic hydroxyl groups is 1. The SMILES string of the molecule is N#Cc1ccc(C=CC(=O)c2c(O)cc(OCc3ccccc3)cc2OCc2ccccc2)cc1. The van der Waals surface area contributed by atoms with Gasteiger partial charge in [-0.15, -0.1) is 0 Å². The van der Waals surface area contributed by atoms with E-state index >= 15 is 0 Å². The molecule has 172 valence electrons. The lowest BCUT2D eigenvalue weighted by molar-refractivity contribution is 0.104. The molecular weight excluding hydrogens is 438 g/mol. The largest absolute Gasteiger partial charge is 0.507 e. The van der Waals surface area contributed by atoms with Crippen molar-refractivity contribution in [1.82, 2.24) is 0 Å². The van der Waals surface area contributed by atoms with Gasteiger partial charge in [0.15, 0.2) is 5.78 Å². The average molecular weight is 462 g/mol. The molecule has 0 fully saturated rings. The maximum atomic E-state index is 13.1. The first kappa shape index (κ1) is 23.3. The second-order valence-electron chi connectivity index (χ2n) is 7.80. The van der Waals surface area contributed by atoms with Crippen molar-refractivity contribution in [2.45, 2.75) is 13.2 Å². The molecule has 0 saturated heterocycles. The maximum absolute atomic E-state index is 13.1. The Hall–Kier alpha value is -4.82. The highest BCUT2D eigenvalue weighted by Crippen LogP contribution is 2.35. The summed E-state index contributed by atoms with van der Waals surface area (Å²) in [6, 6.07) is 31.2. The van der Waals surface area contributed by atoms with Crippen LogP contribution in [-0.4, -0.2) is 10.9 Å². The van der Waals surface area contributed by atoms with Gasteiger partial charge < -0.3 is 14.6 Å². The topological polar surface area (TPSA) is 79.6 Å². The summed E-state index contributed by atoms with van der Waals surface area (Å²) in [5.74, 6) is -0.0222. The second kappa shape index (κ2) is 11.4. The molecule has 0 aliphatic carbocycles. The summed E-state index contributed by atoms with van der Waals surface area (Å²) in [6.07, 6.45) is 3.00. The smallest absolute Gasteiger partial charge is 0.193 e. The van der Waals surface area contributed by atoms with E-state index in [1.807, 2.05) is 60.7 Å². The number of phenols is 1. The Kier molecular flexibility index (Phi) is 7.57. The van der Waals surface area contributed by atoms with Crippen molar-refractivity contribution in [2.75, 3.05) is 0 Å². The van der Waals surface area contributed by atoms with Gasteiger partial charge in [0.1, 0.15) is 36.0 Å². The zero-order chi connectivity index (χ0) is 24.5. The van der Waals surface area contributed by atoms with E-state index in [1.165, 1.54) is 12.1 Å². The number of rotatable bonds is 9. The lowest BCUT2D eigenvalue weighted by atomic mass is 10.1. The van der Waals surface area contributed by atoms with Crippen LogP contribution in [0.1, 0.15) is 32.6 Å². The van der Waals surface area contributed by atoms with Gasteiger partial charge in [-0.1, -0.05) is 78.9 Å². The van der Waals surface area contributed by atoms with Crippen LogP contribution < -0.4 is 9.47 Å². The third-order valence-electron chi connectivity index (χ3n) is 5.25. The number of hydrogen-bond donors (Lipinski definition) is 1. The van der Waals surface area contributed by atoms with Gasteiger partial charge in [-0.2, -0.15) is 5.26 Å². The van der Waals surface area contributed by atoms with Crippen LogP contribution in [0, 0.1) is 11.3 Å². The van der Waals surface area contributed by atoms with Crippen LogP contribution in [0.3, 0.4) is 0 Å². The molecule has 0 heterocycles. The van der Waals surface area contributed by atoms with Crippen molar-refractivity contribution in [3.05, 3.63) is 131 Å². The summed E-state index contributed by atoms with van der Waals surface area (Å²) in [4.78, 5) is 13.1. The van der Waals surface area contributed by atoms with Gasteiger partial charge in [0, 0.05) is 12.1 Å². The van der Waals surface area contributed by atoms with Crippen LogP contribution in [0.4, 0.5) is 0 Å². The molecule has 0 bridgehead atoms. The third kappa shape index (κ3) is 6.37. The van der Waals surface area contributed by atoms with E-state index in [9.17, 15) is 9.90 Å². The fourth-order valence-electron chi connectivity index (χ4n) is 3.42. The minimum absolute atomic E-state index is 0.0536. The van der Waals surface area contributed by atoms with Gasteiger partial charge in [0.2, 0.25) is 0 Å². The maximum Gasteiger partial charge on any atom is 0.193 e. The van der Waals surface area contributed by atoms with E-state index in [4.69, 9.17) is 14.7 Å². The first-order valence-corrected chi connectivity index (χ1v) is 11.1. The number of ether oxygens (including phenoxy) is 2. The normalized spacial score (nSPS) is 10.6. The lowest BCUT2D eigenvalue weighted by Crippen LogP contribution is -2.04. The van der Waals surface area contributed by atoms with Crippen LogP contribution in [-0.2, 0) is 13.2 Å². The molecule has 5 heteroatoms. The molecule has 0 aliphatic heterocycles. The molecule has 0 amide bonds. The van der Waals surface area contributed by atoms with E-state index < -0.39 is 5.78 Å². The van der Waals surface area contributed by atoms with E-state index in [0.717, 1.165) is 16.7 Å². The Morgan fingerprint density at radius 3 is 2.03 bits per heavy atom. The molecular formula is C30H23NO4. The zero-order valence-electron chi connectivity index (χ0n) is 18.9. The number of carbonyl (C=O) groups excluding carboxylic acids is 1. The van der Waals surface area contributed by atoms with Crippen LogP contribution in [0.5, 0.6) is 17.2 Å². The Morgan fingerprint density at radius 2 is 1.43 bits per heavy atom. The monoisotopic (exact) mass is 461 g/mol. The van der Waals surface area contributed by atoms with Crippen LogP contribution in [0.25, 0.3) is 6.08 Å². The number of hydrogen-bond acceptors (Lipinski definition) is 5. The molecule has 1 N–H and O–H groups in total. The van der Waals surface area contributed by atoms with Crippen molar-refractivity contribution in [2.24, 2.45) is 0 Å². The van der Waals surface area contributed by atoms with Crippen LogP contribution >= 0.6 is 0 Å². The van der Waals surface area contributed by atoms with Crippen LogP contribution in [0.2, 0.25) is 0 Å². The Labute approximate surface area is 204 Å². The average Bonchev–Trinajstić information content (AvgIpc) is 2.90. The number of carbonyl (C=O) groups is 1. The molecule has 4 aromatic rings. The summed E-state index contributed by atoms with van der Waals surface area (Å²) in [6.45, 7) is 0.534. The molecule has 0 aliphatic rings. The molecule has 4 aromatic carbocycles. The molecule has 0 spiro atoms. The molecule has 0 aromatic heterocycles. The number of nitrogens with zero attached hydrogens (tertiary/aromatic N) is 1. The van der Waals surface area contributed by atoms with E-state index in [-0.39, 0.29) is 23.7 Å². The highest BCUT2D eigenvalue weighted by Gasteiger charge is 2.18. The molecule has 0 saturated carbocycles. The van der Waals surface area contributed by atoms with Gasteiger partial charge in [-0.25, -0.2) is 0 Å². The summed E-state index contributed by atoms with van der Waals surface area (Å²) in [7, 11) is 0. The fourth-order valence-corrected chi connectivity index (χ4v) is 3.42. The van der Waals surface area contributed by atoms with E-state index in [2.05, 4.69) is 6.07 Å².